The molecule has 1 aromatic heterocycles. The van der Waals surface area contributed by atoms with Crippen LogP contribution in [0.15, 0.2) is 47.8 Å². The second-order valence-electron chi connectivity index (χ2n) is 3.83. The fraction of sp³-hybridized carbons (Fsp3) is 0.0769. The largest absolute Gasteiger partial charge is 0.507 e. The Hall–Kier alpha value is -2.56. The lowest BCUT2D eigenvalue weighted by Crippen LogP contribution is -2.17. The predicted molar refractivity (Wildman–Crippen MR) is 68.6 cm³/mol. The summed E-state index contributed by atoms with van der Waals surface area (Å²) in [6, 6.07) is 8.18. The second kappa shape index (κ2) is 5.18. The molecular weight excluding hydrogens is 230 g/mol. The van der Waals surface area contributed by atoms with Crippen LogP contribution in [0.4, 0.5) is 0 Å². The predicted octanol–water partition coefficient (Wildman–Crippen LogP) is 1.49. The van der Waals surface area contributed by atoms with Gasteiger partial charge in [0.05, 0.1) is 11.8 Å². The molecule has 92 valence electrons. The first-order valence-electron chi connectivity index (χ1n) is 5.40. The van der Waals surface area contributed by atoms with Crippen LogP contribution in [0.5, 0.6) is 5.75 Å². The third-order valence-corrected chi connectivity index (χ3v) is 2.38. The van der Waals surface area contributed by atoms with Gasteiger partial charge in [0, 0.05) is 25.0 Å². The molecule has 2 N–H and O–H groups in total. The van der Waals surface area contributed by atoms with Gasteiger partial charge in [-0.05, 0) is 18.2 Å². The van der Waals surface area contributed by atoms with Gasteiger partial charge in [0.15, 0.2) is 0 Å². The summed E-state index contributed by atoms with van der Waals surface area (Å²) in [6.07, 6.45) is 5.29. The van der Waals surface area contributed by atoms with E-state index >= 15 is 0 Å². The van der Waals surface area contributed by atoms with Gasteiger partial charge in [-0.15, -0.1) is 0 Å². The highest BCUT2D eigenvalue weighted by molar-refractivity contribution is 5.97. The van der Waals surface area contributed by atoms with E-state index in [2.05, 4.69) is 10.5 Å². The molecule has 0 spiro atoms. The molecule has 1 amide bonds. The van der Waals surface area contributed by atoms with Crippen molar-refractivity contribution in [1.29, 1.82) is 0 Å². The fourth-order valence-corrected chi connectivity index (χ4v) is 1.49. The summed E-state index contributed by atoms with van der Waals surface area (Å²) >= 11 is 0. The summed E-state index contributed by atoms with van der Waals surface area (Å²) in [5.41, 5.74) is 3.44. The molecule has 2 rings (SSSR count). The quantitative estimate of drug-likeness (QED) is 0.633. The maximum atomic E-state index is 11.7. The minimum absolute atomic E-state index is 0.0649. The minimum Gasteiger partial charge on any atom is -0.507 e. The van der Waals surface area contributed by atoms with Crippen molar-refractivity contribution >= 4 is 12.1 Å². The fourth-order valence-electron chi connectivity index (χ4n) is 1.49. The van der Waals surface area contributed by atoms with Gasteiger partial charge in [-0.3, -0.25) is 4.79 Å². The molecule has 2 aromatic rings. The van der Waals surface area contributed by atoms with Crippen LogP contribution in [-0.2, 0) is 7.05 Å². The molecule has 5 nitrogen and oxygen atoms in total. The summed E-state index contributed by atoms with van der Waals surface area (Å²) in [6.45, 7) is 0. The van der Waals surface area contributed by atoms with Crippen LogP contribution >= 0.6 is 0 Å². The average Bonchev–Trinajstić information content (AvgIpc) is 2.75. The third kappa shape index (κ3) is 2.76. The standard InChI is InChI=1S/C13H13N3O2/c1-16-7-6-10(9-16)8-14-15-13(18)11-4-2-3-5-12(11)17/h2-9,17H,1H3,(H,15,18)/b14-8+. The van der Waals surface area contributed by atoms with Gasteiger partial charge >= 0.3 is 0 Å². The molecule has 0 radical (unpaired) electrons. The number of para-hydroxylation sites is 1. The first-order chi connectivity index (χ1) is 8.66. The zero-order valence-corrected chi connectivity index (χ0v) is 9.87. The summed E-state index contributed by atoms with van der Waals surface area (Å²) in [4.78, 5) is 11.7. The van der Waals surface area contributed by atoms with E-state index in [1.54, 1.807) is 12.1 Å². The maximum absolute atomic E-state index is 11.7. The van der Waals surface area contributed by atoms with Crippen molar-refractivity contribution in [2.75, 3.05) is 0 Å². The zero-order chi connectivity index (χ0) is 13.0. The van der Waals surface area contributed by atoms with E-state index in [0.717, 1.165) is 5.56 Å². The van der Waals surface area contributed by atoms with Crippen molar-refractivity contribution in [2.45, 2.75) is 0 Å². The number of hydrogen-bond donors (Lipinski definition) is 2. The number of amides is 1. The molecule has 1 aromatic carbocycles. The number of carbonyl (C=O) groups excluding carboxylic acids is 1. The van der Waals surface area contributed by atoms with Crippen molar-refractivity contribution in [3.8, 4) is 5.75 Å². The van der Waals surface area contributed by atoms with Crippen LogP contribution in [-0.4, -0.2) is 21.8 Å². The van der Waals surface area contributed by atoms with Crippen LogP contribution in [0.3, 0.4) is 0 Å². The van der Waals surface area contributed by atoms with Crippen molar-refractivity contribution in [2.24, 2.45) is 12.1 Å². The van der Waals surface area contributed by atoms with Gasteiger partial charge in [-0.25, -0.2) is 5.43 Å². The molecule has 18 heavy (non-hydrogen) atoms. The number of aromatic nitrogens is 1. The molecule has 0 saturated heterocycles. The number of hydrazone groups is 1. The van der Waals surface area contributed by atoms with Crippen molar-refractivity contribution in [1.82, 2.24) is 9.99 Å². The Morgan fingerprint density at radius 3 is 2.83 bits per heavy atom. The molecule has 0 aliphatic carbocycles. The maximum Gasteiger partial charge on any atom is 0.275 e. The van der Waals surface area contributed by atoms with Crippen LogP contribution in [0.1, 0.15) is 15.9 Å². The number of phenolic OH excluding ortho intramolecular Hbond substituents is 1. The molecule has 0 bridgehead atoms. The number of carbonyl (C=O) groups is 1. The summed E-state index contributed by atoms with van der Waals surface area (Å²) in [7, 11) is 1.90. The summed E-state index contributed by atoms with van der Waals surface area (Å²) < 4.78 is 1.88. The zero-order valence-electron chi connectivity index (χ0n) is 9.87. The van der Waals surface area contributed by atoms with Gasteiger partial charge in [-0.1, -0.05) is 12.1 Å². The number of benzene rings is 1. The average molecular weight is 243 g/mol. The van der Waals surface area contributed by atoms with E-state index < -0.39 is 5.91 Å². The Morgan fingerprint density at radius 2 is 2.17 bits per heavy atom. The minimum atomic E-state index is -0.444. The van der Waals surface area contributed by atoms with E-state index in [0.29, 0.717) is 0 Å². The van der Waals surface area contributed by atoms with Gasteiger partial charge in [0.1, 0.15) is 5.75 Å². The molecule has 0 aliphatic heterocycles. The third-order valence-electron chi connectivity index (χ3n) is 2.38. The normalized spacial score (nSPS) is 10.7. The number of rotatable bonds is 3. The topological polar surface area (TPSA) is 66.6 Å². The molecule has 0 atom stereocenters. The Morgan fingerprint density at radius 1 is 1.39 bits per heavy atom. The lowest BCUT2D eigenvalue weighted by Gasteiger charge is -2.01. The van der Waals surface area contributed by atoms with Crippen molar-refractivity contribution < 1.29 is 9.90 Å². The molecule has 0 saturated carbocycles. The SMILES string of the molecule is Cn1ccc(/C=N/NC(=O)c2ccccc2O)c1. The van der Waals surface area contributed by atoms with Crippen LogP contribution in [0, 0.1) is 0 Å². The van der Waals surface area contributed by atoms with E-state index in [1.165, 1.54) is 18.3 Å². The van der Waals surface area contributed by atoms with Gasteiger partial charge in [0.2, 0.25) is 0 Å². The number of hydrogen-bond acceptors (Lipinski definition) is 3. The number of phenols is 1. The molecule has 0 unspecified atom stereocenters. The highest BCUT2D eigenvalue weighted by Crippen LogP contribution is 2.14. The first-order valence-corrected chi connectivity index (χ1v) is 5.40. The van der Waals surface area contributed by atoms with Crippen LogP contribution in [0.25, 0.3) is 0 Å². The van der Waals surface area contributed by atoms with E-state index in [4.69, 9.17) is 0 Å². The monoisotopic (exact) mass is 243 g/mol. The Kier molecular flexibility index (Phi) is 3.43. The smallest absolute Gasteiger partial charge is 0.275 e. The number of aromatic hydroxyl groups is 1. The molecule has 1 heterocycles. The summed E-state index contributed by atoms with van der Waals surface area (Å²) in [5.74, 6) is -0.509. The lowest BCUT2D eigenvalue weighted by atomic mass is 10.2. The number of aryl methyl sites for hydroxylation is 1. The van der Waals surface area contributed by atoms with E-state index in [-0.39, 0.29) is 11.3 Å². The van der Waals surface area contributed by atoms with Gasteiger partial charge < -0.3 is 9.67 Å². The molecular formula is C13H13N3O2. The second-order valence-corrected chi connectivity index (χ2v) is 3.83. The van der Waals surface area contributed by atoms with E-state index in [1.807, 2.05) is 30.1 Å². The molecule has 0 fully saturated rings. The number of nitrogens with one attached hydrogen (secondary N) is 1. The van der Waals surface area contributed by atoms with Crippen LogP contribution in [0.2, 0.25) is 0 Å². The Labute approximate surface area is 104 Å². The van der Waals surface area contributed by atoms with Crippen molar-refractivity contribution in [3.63, 3.8) is 0 Å². The molecule has 5 heteroatoms. The highest BCUT2D eigenvalue weighted by atomic mass is 16.3. The summed E-state index contributed by atoms with van der Waals surface area (Å²) in [5, 5.41) is 13.3. The Balaban J connectivity index is 2.01. The molecule has 0 aliphatic rings. The van der Waals surface area contributed by atoms with Gasteiger partial charge in [-0.2, -0.15) is 5.10 Å². The van der Waals surface area contributed by atoms with Gasteiger partial charge in [0.25, 0.3) is 5.91 Å². The van der Waals surface area contributed by atoms with Crippen molar-refractivity contribution in [3.05, 3.63) is 53.9 Å². The van der Waals surface area contributed by atoms with Crippen LogP contribution < -0.4 is 5.43 Å². The Bertz CT molecular complexity index is 587. The first kappa shape index (κ1) is 11.9. The lowest BCUT2D eigenvalue weighted by molar-refractivity contribution is 0.0952. The highest BCUT2D eigenvalue weighted by Gasteiger charge is 2.08. The van der Waals surface area contributed by atoms with E-state index in [9.17, 15) is 9.90 Å². The number of nitrogens with zero attached hydrogens (tertiary/aromatic N) is 2.